The minimum atomic E-state index is -0.238. The SMILES string of the molecule is COc1cc2ncccc2cc1NC(=O)c1cnn2ccccc12. The molecule has 0 unspecified atom stereocenters. The van der Waals surface area contributed by atoms with E-state index in [2.05, 4.69) is 15.4 Å². The number of methoxy groups -OCH3 is 1. The van der Waals surface area contributed by atoms with Crippen LogP contribution >= 0.6 is 0 Å². The van der Waals surface area contributed by atoms with E-state index in [0.29, 0.717) is 17.0 Å². The number of anilines is 1. The molecule has 0 saturated carbocycles. The van der Waals surface area contributed by atoms with Gasteiger partial charge in [-0.2, -0.15) is 5.10 Å². The molecule has 0 atom stereocenters. The van der Waals surface area contributed by atoms with Gasteiger partial charge in [0, 0.05) is 23.8 Å². The van der Waals surface area contributed by atoms with Gasteiger partial charge in [-0.25, -0.2) is 4.52 Å². The molecule has 0 bridgehead atoms. The number of ether oxygens (including phenoxy) is 1. The highest BCUT2D eigenvalue weighted by Crippen LogP contribution is 2.30. The van der Waals surface area contributed by atoms with E-state index in [1.54, 1.807) is 36.3 Å². The van der Waals surface area contributed by atoms with E-state index < -0.39 is 0 Å². The number of benzene rings is 1. The molecule has 0 aliphatic heterocycles. The lowest BCUT2D eigenvalue weighted by Gasteiger charge is -2.11. The van der Waals surface area contributed by atoms with Crippen molar-refractivity contribution in [2.24, 2.45) is 0 Å². The first-order valence-electron chi connectivity index (χ1n) is 7.43. The fourth-order valence-electron chi connectivity index (χ4n) is 2.67. The Kier molecular flexibility index (Phi) is 3.35. The first-order valence-corrected chi connectivity index (χ1v) is 7.43. The average molecular weight is 318 g/mol. The minimum absolute atomic E-state index is 0.238. The summed E-state index contributed by atoms with van der Waals surface area (Å²) < 4.78 is 7.05. The summed E-state index contributed by atoms with van der Waals surface area (Å²) in [7, 11) is 1.56. The number of pyridine rings is 2. The highest BCUT2D eigenvalue weighted by atomic mass is 16.5. The quantitative estimate of drug-likeness (QED) is 0.630. The zero-order valence-electron chi connectivity index (χ0n) is 12.9. The van der Waals surface area contributed by atoms with Gasteiger partial charge in [0.15, 0.2) is 0 Å². The van der Waals surface area contributed by atoms with Gasteiger partial charge in [-0.3, -0.25) is 9.78 Å². The van der Waals surface area contributed by atoms with Crippen molar-refractivity contribution in [3.8, 4) is 5.75 Å². The predicted molar refractivity (Wildman–Crippen MR) is 91.4 cm³/mol. The molecule has 1 amide bonds. The lowest BCUT2D eigenvalue weighted by molar-refractivity contribution is 0.102. The number of nitrogens with zero attached hydrogens (tertiary/aromatic N) is 3. The van der Waals surface area contributed by atoms with Crippen molar-refractivity contribution in [3.63, 3.8) is 0 Å². The van der Waals surface area contributed by atoms with Crippen molar-refractivity contribution in [1.29, 1.82) is 0 Å². The number of fused-ring (bicyclic) bond motifs is 2. The Labute approximate surface area is 137 Å². The van der Waals surface area contributed by atoms with Crippen LogP contribution in [0.1, 0.15) is 10.4 Å². The second-order valence-corrected chi connectivity index (χ2v) is 5.29. The molecular formula is C18H14N4O2. The summed E-state index contributed by atoms with van der Waals surface area (Å²) in [5, 5.41) is 8.02. The Hall–Kier alpha value is -3.41. The molecular weight excluding hydrogens is 304 g/mol. The third-order valence-corrected chi connectivity index (χ3v) is 3.84. The molecule has 3 aromatic heterocycles. The smallest absolute Gasteiger partial charge is 0.259 e. The van der Waals surface area contributed by atoms with Crippen molar-refractivity contribution < 1.29 is 9.53 Å². The number of nitrogens with one attached hydrogen (secondary N) is 1. The summed E-state index contributed by atoms with van der Waals surface area (Å²) >= 11 is 0. The molecule has 6 nitrogen and oxygen atoms in total. The number of hydrogen-bond acceptors (Lipinski definition) is 4. The zero-order valence-corrected chi connectivity index (χ0v) is 12.9. The first kappa shape index (κ1) is 14.2. The molecule has 1 N–H and O–H groups in total. The molecule has 0 radical (unpaired) electrons. The van der Waals surface area contributed by atoms with Crippen LogP contribution in [0.2, 0.25) is 0 Å². The Morgan fingerprint density at radius 1 is 1.21 bits per heavy atom. The standard InChI is InChI=1S/C18H14N4O2/c1-24-17-10-14-12(5-4-7-19-14)9-15(17)21-18(23)13-11-20-22-8-3-2-6-16(13)22/h2-11H,1H3,(H,21,23). The number of carbonyl (C=O) groups excluding carboxylic acids is 1. The van der Waals surface area contributed by atoms with Gasteiger partial charge in [0.2, 0.25) is 0 Å². The number of carbonyl (C=O) groups is 1. The van der Waals surface area contributed by atoms with Gasteiger partial charge < -0.3 is 10.1 Å². The summed E-state index contributed by atoms with van der Waals surface area (Å²) in [5.74, 6) is 0.323. The largest absolute Gasteiger partial charge is 0.494 e. The van der Waals surface area contributed by atoms with Gasteiger partial charge in [0.25, 0.3) is 5.91 Å². The Balaban J connectivity index is 1.74. The molecule has 0 spiro atoms. The van der Waals surface area contributed by atoms with Gasteiger partial charge >= 0.3 is 0 Å². The van der Waals surface area contributed by atoms with Crippen molar-refractivity contribution in [2.75, 3.05) is 12.4 Å². The predicted octanol–water partition coefficient (Wildman–Crippen LogP) is 3.14. The number of aromatic nitrogens is 3. The average Bonchev–Trinajstić information content (AvgIpc) is 3.05. The van der Waals surface area contributed by atoms with E-state index in [9.17, 15) is 4.79 Å². The van der Waals surface area contributed by atoms with Gasteiger partial charge in [-0.15, -0.1) is 0 Å². The highest BCUT2D eigenvalue weighted by molar-refractivity contribution is 6.10. The fourth-order valence-corrected chi connectivity index (χ4v) is 2.67. The monoisotopic (exact) mass is 318 g/mol. The van der Waals surface area contributed by atoms with E-state index in [4.69, 9.17) is 4.74 Å². The molecule has 1 aromatic carbocycles. The molecule has 118 valence electrons. The zero-order chi connectivity index (χ0) is 16.5. The molecule has 4 aromatic rings. The maximum Gasteiger partial charge on any atom is 0.259 e. The molecule has 4 rings (SSSR count). The van der Waals surface area contributed by atoms with Crippen LogP contribution in [0, 0.1) is 0 Å². The second-order valence-electron chi connectivity index (χ2n) is 5.29. The topological polar surface area (TPSA) is 68.5 Å². The number of hydrogen-bond donors (Lipinski definition) is 1. The van der Waals surface area contributed by atoms with E-state index in [-0.39, 0.29) is 5.91 Å². The van der Waals surface area contributed by atoms with E-state index in [0.717, 1.165) is 16.4 Å². The summed E-state index contributed by atoms with van der Waals surface area (Å²) in [5.41, 5.74) is 2.65. The maximum absolute atomic E-state index is 12.7. The fraction of sp³-hybridized carbons (Fsp3) is 0.0556. The normalized spacial score (nSPS) is 10.9. The molecule has 0 saturated heterocycles. The van der Waals surface area contributed by atoms with Crippen LogP contribution in [0.3, 0.4) is 0 Å². The highest BCUT2D eigenvalue weighted by Gasteiger charge is 2.15. The molecule has 3 heterocycles. The van der Waals surface area contributed by atoms with Crippen LogP contribution in [-0.2, 0) is 0 Å². The molecule has 0 aliphatic carbocycles. The first-order chi connectivity index (χ1) is 11.8. The van der Waals surface area contributed by atoms with Gasteiger partial charge in [0.05, 0.1) is 35.6 Å². The summed E-state index contributed by atoms with van der Waals surface area (Å²) in [6, 6.07) is 13.0. The van der Waals surface area contributed by atoms with E-state index in [1.807, 2.05) is 36.4 Å². The summed E-state index contributed by atoms with van der Waals surface area (Å²) in [4.78, 5) is 17.0. The summed E-state index contributed by atoms with van der Waals surface area (Å²) in [6.07, 6.45) is 5.08. The molecule has 6 heteroatoms. The Morgan fingerprint density at radius 3 is 3.00 bits per heavy atom. The van der Waals surface area contributed by atoms with Gasteiger partial charge in [0.1, 0.15) is 5.75 Å². The van der Waals surface area contributed by atoms with Crippen LogP contribution in [-0.4, -0.2) is 27.6 Å². The molecule has 0 fully saturated rings. The van der Waals surface area contributed by atoms with Crippen LogP contribution in [0.4, 0.5) is 5.69 Å². The number of amides is 1. The minimum Gasteiger partial charge on any atom is -0.494 e. The van der Waals surface area contributed by atoms with Crippen LogP contribution in [0.25, 0.3) is 16.4 Å². The van der Waals surface area contributed by atoms with Crippen LogP contribution < -0.4 is 10.1 Å². The summed E-state index contributed by atoms with van der Waals surface area (Å²) in [6.45, 7) is 0. The van der Waals surface area contributed by atoms with Crippen molar-refractivity contribution in [1.82, 2.24) is 14.6 Å². The Bertz CT molecular complexity index is 1060. The molecule has 0 aliphatic rings. The van der Waals surface area contributed by atoms with Crippen molar-refractivity contribution in [2.45, 2.75) is 0 Å². The lowest BCUT2D eigenvalue weighted by atomic mass is 10.1. The number of rotatable bonds is 3. The van der Waals surface area contributed by atoms with Gasteiger partial charge in [-0.05, 0) is 24.3 Å². The molecule has 24 heavy (non-hydrogen) atoms. The second kappa shape index (κ2) is 5.66. The van der Waals surface area contributed by atoms with Crippen LogP contribution in [0.15, 0.2) is 61.1 Å². The maximum atomic E-state index is 12.7. The van der Waals surface area contributed by atoms with Gasteiger partial charge in [-0.1, -0.05) is 12.1 Å². The van der Waals surface area contributed by atoms with E-state index >= 15 is 0 Å². The van der Waals surface area contributed by atoms with E-state index in [1.165, 1.54) is 0 Å². The third-order valence-electron chi connectivity index (χ3n) is 3.84. The van der Waals surface area contributed by atoms with Crippen molar-refractivity contribution in [3.05, 3.63) is 66.6 Å². The van der Waals surface area contributed by atoms with Crippen molar-refractivity contribution >= 4 is 28.0 Å². The third kappa shape index (κ3) is 2.34. The van der Waals surface area contributed by atoms with Crippen LogP contribution in [0.5, 0.6) is 5.75 Å². The Morgan fingerprint density at radius 2 is 2.12 bits per heavy atom. The lowest BCUT2D eigenvalue weighted by Crippen LogP contribution is -2.12.